The van der Waals surface area contributed by atoms with Crippen molar-refractivity contribution in [3.63, 3.8) is 0 Å². The van der Waals surface area contributed by atoms with Crippen molar-refractivity contribution in [2.24, 2.45) is 0 Å². The maximum atomic E-state index is 11.6. The summed E-state index contributed by atoms with van der Waals surface area (Å²) in [5, 5.41) is 0. The Morgan fingerprint density at radius 3 is 2.65 bits per heavy atom. The number of benzene rings is 1. The van der Waals surface area contributed by atoms with Gasteiger partial charge in [0.1, 0.15) is 6.61 Å². The number of alkyl halides is 1. The average molecular weight is 271 g/mol. The molecule has 0 bridgehead atoms. The summed E-state index contributed by atoms with van der Waals surface area (Å²) in [7, 11) is 0. The van der Waals surface area contributed by atoms with Crippen LogP contribution < -0.4 is 0 Å². The van der Waals surface area contributed by atoms with Gasteiger partial charge in [0.2, 0.25) is 0 Å². The molecule has 0 aromatic heterocycles. The predicted octanol–water partition coefficient (Wildman–Crippen LogP) is 3.06. The van der Waals surface area contributed by atoms with Crippen LogP contribution in [0.5, 0.6) is 0 Å². The normalized spacial score (nSPS) is 11.6. The monoisotopic (exact) mass is 270 g/mol. The molecule has 0 aliphatic carbocycles. The Bertz CT molecular complexity index is 417. The minimum atomic E-state index is -1.43. The van der Waals surface area contributed by atoms with Gasteiger partial charge < -0.3 is 0 Å². The van der Waals surface area contributed by atoms with E-state index in [9.17, 15) is 4.21 Å². The van der Waals surface area contributed by atoms with Gasteiger partial charge in [-0.1, -0.05) is 23.6 Å². The maximum Gasteiger partial charge on any atom is 0.190 e. The van der Waals surface area contributed by atoms with Gasteiger partial charge >= 0.3 is 0 Å². The third-order valence-electron chi connectivity index (χ3n) is 2.01. The summed E-state index contributed by atoms with van der Waals surface area (Å²) in [5.41, 5.74) is 1.13. The van der Waals surface area contributed by atoms with E-state index in [0.717, 1.165) is 18.4 Å². The molecule has 4 heteroatoms. The van der Waals surface area contributed by atoms with Crippen LogP contribution in [0.2, 0.25) is 0 Å². The van der Waals surface area contributed by atoms with E-state index in [1.807, 2.05) is 19.1 Å². The van der Waals surface area contributed by atoms with E-state index in [1.165, 1.54) is 0 Å². The van der Waals surface area contributed by atoms with Gasteiger partial charge in [0, 0.05) is 12.3 Å². The van der Waals surface area contributed by atoms with Gasteiger partial charge in [0.25, 0.3) is 0 Å². The van der Waals surface area contributed by atoms with Crippen LogP contribution in [-0.2, 0) is 15.3 Å². The first kappa shape index (κ1) is 14.2. The molecule has 2 nitrogen and oxygen atoms in total. The maximum absolute atomic E-state index is 11.6. The van der Waals surface area contributed by atoms with Crippen LogP contribution in [-0.4, -0.2) is 16.7 Å². The average Bonchev–Trinajstić information content (AvgIpc) is 2.34. The van der Waals surface area contributed by atoms with E-state index in [4.69, 9.17) is 15.8 Å². The molecule has 17 heavy (non-hydrogen) atoms. The number of hydrogen-bond acceptors (Lipinski definition) is 2. The molecule has 0 heterocycles. The molecule has 0 spiro atoms. The van der Waals surface area contributed by atoms with Crippen molar-refractivity contribution in [1.82, 2.24) is 0 Å². The van der Waals surface area contributed by atoms with Gasteiger partial charge in [-0.2, -0.15) is 0 Å². The van der Waals surface area contributed by atoms with E-state index >= 15 is 0 Å². The van der Waals surface area contributed by atoms with Crippen LogP contribution in [0.25, 0.3) is 0 Å². The fourth-order valence-corrected chi connectivity index (χ4v) is 1.89. The first-order chi connectivity index (χ1) is 8.24. The van der Waals surface area contributed by atoms with E-state index < -0.39 is 11.1 Å². The molecule has 1 atom stereocenters. The zero-order chi connectivity index (χ0) is 12.5. The number of hydrogen-bond donors (Lipinski definition) is 0. The first-order valence-corrected chi connectivity index (χ1v) is 6.98. The Morgan fingerprint density at radius 1 is 1.29 bits per heavy atom. The van der Waals surface area contributed by atoms with Crippen molar-refractivity contribution >= 4 is 22.7 Å². The van der Waals surface area contributed by atoms with Crippen LogP contribution in [0.15, 0.2) is 29.2 Å². The Kier molecular flexibility index (Phi) is 6.95. The summed E-state index contributed by atoms with van der Waals surface area (Å²) < 4.78 is 16.8. The lowest BCUT2D eigenvalue weighted by molar-refractivity contribution is 0.402. The molecule has 0 aliphatic heterocycles. The number of aryl methyl sites for hydroxylation is 1. The number of halogens is 1. The fraction of sp³-hybridized carbons (Fsp3) is 0.385. The second-order valence-electron chi connectivity index (χ2n) is 3.46. The van der Waals surface area contributed by atoms with Crippen LogP contribution in [0, 0.1) is 18.8 Å². The summed E-state index contributed by atoms with van der Waals surface area (Å²) in [4.78, 5) is 0.665. The summed E-state index contributed by atoms with van der Waals surface area (Å²) in [6.45, 7) is 2.17. The fourth-order valence-electron chi connectivity index (χ4n) is 1.10. The molecular weight excluding hydrogens is 256 g/mol. The molecule has 0 aliphatic rings. The van der Waals surface area contributed by atoms with Crippen LogP contribution >= 0.6 is 11.6 Å². The van der Waals surface area contributed by atoms with Gasteiger partial charge in [0.15, 0.2) is 11.1 Å². The van der Waals surface area contributed by atoms with Crippen LogP contribution in [0.3, 0.4) is 0 Å². The highest BCUT2D eigenvalue weighted by molar-refractivity contribution is 7.80. The molecular formula is C13H15ClO2S. The van der Waals surface area contributed by atoms with E-state index in [2.05, 4.69) is 11.8 Å². The largest absolute Gasteiger partial charge is 0.274 e. The highest BCUT2D eigenvalue weighted by Gasteiger charge is 2.02. The Morgan fingerprint density at radius 2 is 2.00 bits per heavy atom. The van der Waals surface area contributed by atoms with Crippen molar-refractivity contribution in [2.45, 2.75) is 24.7 Å². The summed E-state index contributed by atoms with van der Waals surface area (Å²) in [6, 6.07) is 7.41. The lowest BCUT2D eigenvalue weighted by Crippen LogP contribution is -1.98. The lowest BCUT2D eigenvalue weighted by atomic mass is 10.2. The Balaban J connectivity index is 2.34. The second kappa shape index (κ2) is 8.30. The van der Waals surface area contributed by atoms with Gasteiger partial charge in [-0.25, -0.2) is 4.21 Å². The van der Waals surface area contributed by atoms with Crippen molar-refractivity contribution in [3.05, 3.63) is 29.8 Å². The molecule has 0 fully saturated rings. The minimum absolute atomic E-state index is 0.183. The van der Waals surface area contributed by atoms with E-state index in [0.29, 0.717) is 10.8 Å². The van der Waals surface area contributed by atoms with E-state index in [-0.39, 0.29) is 6.61 Å². The van der Waals surface area contributed by atoms with Crippen molar-refractivity contribution in [2.75, 3.05) is 12.5 Å². The van der Waals surface area contributed by atoms with E-state index in [1.54, 1.807) is 12.1 Å². The van der Waals surface area contributed by atoms with Gasteiger partial charge in [-0.05, 0) is 25.5 Å². The summed E-state index contributed by atoms with van der Waals surface area (Å²) in [6.07, 6.45) is 1.62. The third kappa shape index (κ3) is 5.88. The molecule has 0 radical (unpaired) electrons. The summed E-state index contributed by atoms with van der Waals surface area (Å²) >= 11 is 4.08. The Labute approximate surface area is 110 Å². The SMILES string of the molecule is Cc1ccc([S@@](=O)OCC#CCCCCl)cc1. The van der Waals surface area contributed by atoms with Crippen molar-refractivity contribution < 1.29 is 8.39 Å². The topological polar surface area (TPSA) is 26.3 Å². The first-order valence-electron chi connectivity index (χ1n) is 5.37. The minimum Gasteiger partial charge on any atom is -0.274 e. The number of rotatable bonds is 5. The quantitative estimate of drug-likeness (QED) is 0.467. The summed E-state index contributed by atoms with van der Waals surface area (Å²) in [5.74, 6) is 6.33. The van der Waals surface area contributed by atoms with Gasteiger partial charge in [0.05, 0.1) is 4.90 Å². The van der Waals surface area contributed by atoms with Crippen molar-refractivity contribution in [3.8, 4) is 11.8 Å². The zero-order valence-electron chi connectivity index (χ0n) is 9.74. The molecule has 0 amide bonds. The molecule has 1 aromatic carbocycles. The molecule has 1 rings (SSSR count). The standard InChI is InChI=1S/C13H15ClO2S/c1-12-6-8-13(9-7-12)17(15)16-11-5-3-2-4-10-14/h6-9H,2,4,10-11H2,1H3/t17-/m0/s1. The predicted molar refractivity (Wildman–Crippen MR) is 71.3 cm³/mol. The molecule has 0 N–H and O–H groups in total. The highest BCUT2D eigenvalue weighted by Crippen LogP contribution is 2.08. The number of unbranched alkanes of at least 4 members (excludes halogenated alkanes) is 1. The third-order valence-corrected chi connectivity index (χ3v) is 3.27. The van der Waals surface area contributed by atoms with Gasteiger partial charge in [-0.15, -0.1) is 17.5 Å². The zero-order valence-corrected chi connectivity index (χ0v) is 11.3. The molecule has 0 saturated heterocycles. The smallest absolute Gasteiger partial charge is 0.190 e. The molecule has 0 saturated carbocycles. The second-order valence-corrected chi connectivity index (χ2v) is 5.01. The lowest BCUT2D eigenvalue weighted by Gasteiger charge is -2.00. The molecule has 92 valence electrons. The Hall–Kier alpha value is -0.820. The van der Waals surface area contributed by atoms with Crippen LogP contribution in [0.4, 0.5) is 0 Å². The van der Waals surface area contributed by atoms with Gasteiger partial charge in [-0.3, -0.25) is 4.18 Å². The molecule has 1 aromatic rings. The van der Waals surface area contributed by atoms with Crippen LogP contribution in [0.1, 0.15) is 18.4 Å². The molecule has 0 unspecified atom stereocenters. The highest BCUT2D eigenvalue weighted by atomic mass is 35.5. The van der Waals surface area contributed by atoms with Crippen molar-refractivity contribution in [1.29, 1.82) is 0 Å².